The largest absolute Gasteiger partial charge is 0.417 e. The Morgan fingerprint density at radius 3 is 2.20 bits per heavy atom. The molecule has 0 amide bonds. The normalized spacial score (nSPS) is 30.3. The maximum absolute atomic E-state index is 9.61. The Labute approximate surface area is 123 Å². The third-order valence-electron chi connectivity index (χ3n) is 5.33. The van der Waals surface area contributed by atoms with Crippen molar-refractivity contribution in [2.45, 2.75) is 57.5 Å². The summed E-state index contributed by atoms with van der Waals surface area (Å²) in [4.78, 5) is 0. The molecule has 0 radical (unpaired) electrons. The molecule has 0 aromatic rings. The van der Waals surface area contributed by atoms with Crippen LogP contribution in [-0.2, 0) is 13.9 Å². The lowest BCUT2D eigenvalue weighted by Crippen LogP contribution is -2.42. The fourth-order valence-electron chi connectivity index (χ4n) is 2.89. The molecule has 0 bridgehead atoms. The number of rotatable bonds is 4. The summed E-state index contributed by atoms with van der Waals surface area (Å²) in [7, 11) is -1.73. The van der Waals surface area contributed by atoms with E-state index in [0.29, 0.717) is 19.1 Å². The van der Waals surface area contributed by atoms with Crippen molar-refractivity contribution in [3.63, 3.8) is 0 Å². The molecular weight excluding hydrogens is 272 g/mol. The number of aliphatic hydroxyl groups excluding tert-OH is 1. The van der Waals surface area contributed by atoms with Crippen LogP contribution < -0.4 is 0 Å². The average Bonchev–Trinajstić information content (AvgIpc) is 2.93. The first-order chi connectivity index (χ1) is 9.19. The molecule has 2 rings (SSSR count). The van der Waals surface area contributed by atoms with Crippen LogP contribution in [0.2, 0.25) is 18.1 Å². The summed E-state index contributed by atoms with van der Waals surface area (Å²) in [5, 5.41) is 9.83. The monoisotopic (exact) mass is 302 g/mol. The van der Waals surface area contributed by atoms with Gasteiger partial charge in [0.25, 0.3) is 0 Å². The molecule has 4 nitrogen and oxygen atoms in total. The quantitative estimate of drug-likeness (QED) is 0.811. The van der Waals surface area contributed by atoms with Crippen LogP contribution in [0.5, 0.6) is 0 Å². The molecule has 118 valence electrons. The molecule has 2 atom stereocenters. The van der Waals surface area contributed by atoms with Crippen LogP contribution in [0.4, 0.5) is 0 Å². The molecule has 20 heavy (non-hydrogen) atoms. The second-order valence-corrected chi connectivity index (χ2v) is 12.6. The van der Waals surface area contributed by atoms with Crippen LogP contribution in [0.1, 0.15) is 33.6 Å². The van der Waals surface area contributed by atoms with Crippen molar-refractivity contribution in [2.75, 3.05) is 26.4 Å². The van der Waals surface area contributed by atoms with Crippen molar-refractivity contribution in [3.05, 3.63) is 0 Å². The van der Waals surface area contributed by atoms with E-state index in [4.69, 9.17) is 13.9 Å². The lowest BCUT2D eigenvalue weighted by Gasteiger charge is -2.37. The Hall–Kier alpha value is 0.0569. The van der Waals surface area contributed by atoms with Gasteiger partial charge < -0.3 is 19.0 Å². The molecule has 1 aliphatic carbocycles. The van der Waals surface area contributed by atoms with Crippen molar-refractivity contribution in [3.8, 4) is 0 Å². The highest BCUT2D eigenvalue weighted by Gasteiger charge is 2.50. The van der Waals surface area contributed by atoms with E-state index in [1.54, 1.807) is 0 Å². The summed E-state index contributed by atoms with van der Waals surface area (Å²) in [6.45, 7) is 13.6. The molecule has 1 N–H and O–H groups in total. The van der Waals surface area contributed by atoms with Gasteiger partial charge in [-0.15, -0.1) is 0 Å². The Balaban J connectivity index is 1.95. The van der Waals surface area contributed by atoms with E-state index >= 15 is 0 Å². The van der Waals surface area contributed by atoms with Gasteiger partial charge in [0.05, 0.1) is 13.2 Å². The predicted molar refractivity (Wildman–Crippen MR) is 81.1 cm³/mol. The van der Waals surface area contributed by atoms with E-state index in [1.165, 1.54) is 0 Å². The molecule has 0 aromatic heterocycles. The third-order valence-corrected chi connectivity index (χ3v) is 9.83. The molecule has 1 spiro atoms. The fraction of sp³-hybridized carbons (Fsp3) is 1.00. The molecule has 2 fully saturated rings. The molecule has 2 aliphatic rings. The Morgan fingerprint density at radius 1 is 1.15 bits per heavy atom. The van der Waals surface area contributed by atoms with Gasteiger partial charge in [0.1, 0.15) is 0 Å². The predicted octanol–water partition coefficient (Wildman–Crippen LogP) is 2.77. The summed E-state index contributed by atoms with van der Waals surface area (Å²) in [6.07, 6.45) is 1.65. The Morgan fingerprint density at radius 2 is 1.70 bits per heavy atom. The average molecular weight is 302 g/mol. The SMILES string of the molecule is CC(C)(C)[Si](C)(C)OC[C@H]1CC2(C[C@@H]1CO)OCCO2. The van der Waals surface area contributed by atoms with Crippen molar-refractivity contribution in [1.29, 1.82) is 0 Å². The smallest absolute Gasteiger partial charge is 0.191 e. The van der Waals surface area contributed by atoms with Crippen LogP contribution in [0.3, 0.4) is 0 Å². The minimum atomic E-state index is -1.73. The zero-order valence-electron chi connectivity index (χ0n) is 13.6. The molecule has 1 saturated heterocycles. The van der Waals surface area contributed by atoms with Gasteiger partial charge in [0.15, 0.2) is 14.1 Å². The molecule has 1 saturated carbocycles. The van der Waals surface area contributed by atoms with E-state index < -0.39 is 14.1 Å². The van der Waals surface area contributed by atoms with Crippen molar-refractivity contribution >= 4 is 8.32 Å². The van der Waals surface area contributed by atoms with Gasteiger partial charge in [-0.2, -0.15) is 0 Å². The summed E-state index contributed by atoms with van der Waals surface area (Å²) < 4.78 is 17.9. The fourth-order valence-corrected chi connectivity index (χ4v) is 3.95. The number of hydrogen-bond donors (Lipinski definition) is 1. The summed E-state index contributed by atoms with van der Waals surface area (Å²) in [5.74, 6) is 0.139. The van der Waals surface area contributed by atoms with Crippen molar-refractivity contribution < 1.29 is 19.0 Å². The van der Waals surface area contributed by atoms with Gasteiger partial charge >= 0.3 is 0 Å². The zero-order chi connectivity index (χ0) is 15.0. The minimum Gasteiger partial charge on any atom is -0.417 e. The van der Waals surface area contributed by atoms with Crippen LogP contribution in [-0.4, -0.2) is 45.6 Å². The lowest BCUT2D eigenvalue weighted by atomic mass is 9.98. The third kappa shape index (κ3) is 3.27. The second kappa shape index (κ2) is 5.69. The Bertz CT molecular complexity index is 331. The van der Waals surface area contributed by atoms with Gasteiger partial charge in [-0.05, 0) is 30.0 Å². The Kier molecular flexibility index (Phi) is 4.67. The van der Waals surface area contributed by atoms with Crippen LogP contribution >= 0.6 is 0 Å². The van der Waals surface area contributed by atoms with Gasteiger partial charge in [0.2, 0.25) is 0 Å². The minimum absolute atomic E-state index is 0.194. The van der Waals surface area contributed by atoms with Gasteiger partial charge in [0, 0.05) is 26.1 Å². The molecule has 1 aliphatic heterocycles. The standard InChI is InChI=1S/C15H30O4Si/c1-14(2,3)20(4,5)19-11-13-9-15(8-12(13)10-16)17-6-7-18-15/h12-13,16H,6-11H2,1-5H3/t12-,13-/m1/s1. The first-order valence-electron chi connectivity index (χ1n) is 7.72. The van der Waals surface area contributed by atoms with Crippen LogP contribution in [0, 0.1) is 11.8 Å². The van der Waals surface area contributed by atoms with E-state index in [0.717, 1.165) is 19.4 Å². The van der Waals surface area contributed by atoms with E-state index in [2.05, 4.69) is 33.9 Å². The van der Waals surface area contributed by atoms with Crippen LogP contribution in [0.15, 0.2) is 0 Å². The summed E-state index contributed by atoms with van der Waals surface area (Å²) in [5.41, 5.74) is 0. The van der Waals surface area contributed by atoms with E-state index in [-0.39, 0.29) is 17.6 Å². The number of hydrogen-bond acceptors (Lipinski definition) is 4. The molecule has 0 aromatic carbocycles. The lowest BCUT2D eigenvalue weighted by molar-refractivity contribution is -0.155. The first-order valence-corrected chi connectivity index (χ1v) is 10.6. The molecular formula is C15H30O4Si. The van der Waals surface area contributed by atoms with Crippen molar-refractivity contribution in [1.82, 2.24) is 0 Å². The maximum atomic E-state index is 9.61. The van der Waals surface area contributed by atoms with Gasteiger partial charge in [-0.3, -0.25) is 0 Å². The van der Waals surface area contributed by atoms with Crippen molar-refractivity contribution in [2.24, 2.45) is 11.8 Å². The highest BCUT2D eigenvalue weighted by atomic mass is 28.4. The number of ether oxygens (including phenoxy) is 2. The molecule has 0 unspecified atom stereocenters. The van der Waals surface area contributed by atoms with Gasteiger partial charge in [-0.1, -0.05) is 20.8 Å². The topological polar surface area (TPSA) is 47.9 Å². The molecule has 1 heterocycles. The van der Waals surface area contributed by atoms with Crippen LogP contribution in [0.25, 0.3) is 0 Å². The van der Waals surface area contributed by atoms with E-state index in [1.807, 2.05) is 0 Å². The van der Waals surface area contributed by atoms with E-state index in [9.17, 15) is 5.11 Å². The summed E-state index contributed by atoms with van der Waals surface area (Å²) in [6, 6.07) is 0. The highest BCUT2D eigenvalue weighted by molar-refractivity contribution is 6.74. The summed E-state index contributed by atoms with van der Waals surface area (Å²) >= 11 is 0. The molecule has 5 heteroatoms. The second-order valence-electron chi connectivity index (χ2n) is 7.79. The number of aliphatic hydroxyl groups is 1. The zero-order valence-corrected chi connectivity index (χ0v) is 14.6. The maximum Gasteiger partial charge on any atom is 0.191 e. The highest BCUT2D eigenvalue weighted by Crippen LogP contribution is 2.45. The first kappa shape index (κ1) is 16.4. The van der Waals surface area contributed by atoms with Gasteiger partial charge in [-0.25, -0.2) is 0 Å².